The average molecular weight is 500 g/mol. The molecule has 3 aromatic rings. The lowest BCUT2D eigenvalue weighted by Crippen LogP contribution is -2.38. The van der Waals surface area contributed by atoms with E-state index in [0.717, 1.165) is 57.5 Å². The van der Waals surface area contributed by atoms with Gasteiger partial charge in [-0.2, -0.15) is 0 Å². The Morgan fingerprint density at radius 2 is 1.59 bits per heavy atom. The fraction of sp³-hybridized carbons (Fsp3) is 0.333. The number of fused-ring (bicyclic) bond motifs is 1. The molecule has 0 unspecified atom stereocenters. The highest BCUT2D eigenvalue weighted by atomic mass is 16.5. The number of anilines is 2. The summed E-state index contributed by atoms with van der Waals surface area (Å²) in [6, 6.07) is 19.2. The number of nitrogens with zero attached hydrogens (tertiary/aromatic N) is 2. The summed E-state index contributed by atoms with van der Waals surface area (Å²) in [5, 5.41) is 2.97. The monoisotopic (exact) mass is 499 g/mol. The maximum absolute atomic E-state index is 13.7. The second-order valence-corrected chi connectivity index (χ2v) is 9.55. The van der Waals surface area contributed by atoms with Crippen LogP contribution in [-0.4, -0.2) is 50.6 Å². The Kier molecular flexibility index (Phi) is 7.30. The third-order valence-corrected chi connectivity index (χ3v) is 7.25. The Hall–Kier alpha value is -4.00. The molecule has 1 fully saturated rings. The number of carbonyl (C=O) groups is 2. The summed E-state index contributed by atoms with van der Waals surface area (Å²) < 4.78 is 10.7. The maximum Gasteiger partial charge on any atom is 0.259 e. The molecule has 7 nitrogen and oxygen atoms in total. The summed E-state index contributed by atoms with van der Waals surface area (Å²) in [5.74, 6) is 0.738. The van der Waals surface area contributed by atoms with Crippen LogP contribution < -0.4 is 19.7 Å². The van der Waals surface area contributed by atoms with Crippen molar-refractivity contribution in [2.75, 3.05) is 44.1 Å². The van der Waals surface area contributed by atoms with Gasteiger partial charge in [-0.05, 0) is 67.1 Å². The normalized spacial score (nSPS) is 15.1. The van der Waals surface area contributed by atoms with Gasteiger partial charge in [0.2, 0.25) is 0 Å². The van der Waals surface area contributed by atoms with Gasteiger partial charge in [-0.3, -0.25) is 9.59 Å². The third-order valence-electron chi connectivity index (χ3n) is 7.25. The van der Waals surface area contributed by atoms with E-state index in [0.29, 0.717) is 28.3 Å². The summed E-state index contributed by atoms with van der Waals surface area (Å²) >= 11 is 0. The number of amides is 2. The van der Waals surface area contributed by atoms with E-state index >= 15 is 0 Å². The van der Waals surface area contributed by atoms with Crippen LogP contribution in [0.15, 0.2) is 60.7 Å². The van der Waals surface area contributed by atoms with Crippen molar-refractivity contribution >= 4 is 23.2 Å². The number of rotatable bonds is 6. The average Bonchev–Trinajstić information content (AvgIpc) is 2.96. The molecule has 2 amide bonds. The van der Waals surface area contributed by atoms with Crippen LogP contribution >= 0.6 is 0 Å². The molecule has 0 bridgehead atoms. The van der Waals surface area contributed by atoms with E-state index in [9.17, 15) is 9.59 Å². The first-order valence-electron chi connectivity index (χ1n) is 12.9. The lowest BCUT2D eigenvalue weighted by Gasteiger charge is -2.34. The molecule has 37 heavy (non-hydrogen) atoms. The van der Waals surface area contributed by atoms with Crippen molar-refractivity contribution in [3.8, 4) is 11.5 Å². The SMILES string of the molecule is COc1ccc(C(=O)Nc2ccc(N3CCc4ccccc4C3)c(C(=O)N3CCCCC3)c2)c(OC)c1. The Balaban J connectivity index is 1.45. The molecule has 2 heterocycles. The summed E-state index contributed by atoms with van der Waals surface area (Å²) in [5.41, 5.74) is 5.15. The van der Waals surface area contributed by atoms with E-state index in [1.807, 2.05) is 23.1 Å². The van der Waals surface area contributed by atoms with Gasteiger partial charge in [-0.1, -0.05) is 24.3 Å². The maximum atomic E-state index is 13.7. The van der Waals surface area contributed by atoms with Crippen molar-refractivity contribution in [3.63, 3.8) is 0 Å². The van der Waals surface area contributed by atoms with E-state index in [1.54, 1.807) is 25.3 Å². The van der Waals surface area contributed by atoms with E-state index in [1.165, 1.54) is 18.2 Å². The summed E-state index contributed by atoms with van der Waals surface area (Å²) in [6.07, 6.45) is 4.13. The van der Waals surface area contributed by atoms with Crippen molar-refractivity contribution in [3.05, 3.63) is 82.9 Å². The summed E-state index contributed by atoms with van der Waals surface area (Å²) in [7, 11) is 3.09. The van der Waals surface area contributed by atoms with Gasteiger partial charge in [-0.15, -0.1) is 0 Å². The standard InChI is InChI=1S/C30H33N3O4/c1-36-24-11-12-25(28(19-24)37-2)29(34)31-23-10-13-27(26(18-23)30(35)32-15-6-3-7-16-32)33-17-14-21-8-4-5-9-22(21)20-33/h4-5,8-13,18-19H,3,6-7,14-17,20H2,1-2H3,(H,31,34). The predicted molar refractivity (Wildman–Crippen MR) is 145 cm³/mol. The van der Waals surface area contributed by atoms with Gasteiger partial charge >= 0.3 is 0 Å². The minimum Gasteiger partial charge on any atom is -0.497 e. The summed E-state index contributed by atoms with van der Waals surface area (Å²) in [4.78, 5) is 31.1. The van der Waals surface area contributed by atoms with Gasteiger partial charge < -0.3 is 24.6 Å². The molecule has 0 spiro atoms. The summed E-state index contributed by atoms with van der Waals surface area (Å²) in [6.45, 7) is 3.12. The number of methoxy groups -OCH3 is 2. The third kappa shape index (κ3) is 5.26. The molecular formula is C30H33N3O4. The number of nitrogens with one attached hydrogen (secondary N) is 1. The highest BCUT2D eigenvalue weighted by Crippen LogP contribution is 2.32. The minimum atomic E-state index is -0.310. The van der Waals surface area contributed by atoms with Crippen molar-refractivity contribution in [1.29, 1.82) is 0 Å². The second kappa shape index (κ2) is 10.9. The van der Waals surface area contributed by atoms with Gasteiger partial charge in [0, 0.05) is 43.6 Å². The molecule has 0 aromatic heterocycles. The first kappa shape index (κ1) is 24.7. The molecule has 1 saturated heterocycles. The van der Waals surface area contributed by atoms with Crippen molar-refractivity contribution < 1.29 is 19.1 Å². The first-order valence-corrected chi connectivity index (χ1v) is 12.9. The molecule has 0 aliphatic carbocycles. The molecule has 2 aliphatic heterocycles. The van der Waals surface area contributed by atoms with E-state index < -0.39 is 0 Å². The topological polar surface area (TPSA) is 71.1 Å². The smallest absolute Gasteiger partial charge is 0.259 e. The molecule has 0 radical (unpaired) electrons. The number of hydrogen-bond donors (Lipinski definition) is 1. The number of ether oxygens (including phenoxy) is 2. The van der Waals surface area contributed by atoms with Crippen LogP contribution in [0.5, 0.6) is 11.5 Å². The Labute approximate surface area is 218 Å². The zero-order chi connectivity index (χ0) is 25.8. The van der Waals surface area contributed by atoms with Crippen LogP contribution in [0.4, 0.5) is 11.4 Å². The van der Waals surface area contributed by atoms with Gasteiger partial charge in [0.1, 0.15) is 11.5 Å². The Morgan fingerprint density at radius 3 is 2.35 bits per heavy atom. The van der Waals surface area contributed by atoms with Crippen molar-refractivity contribution in [2.45, 2.75) is 32.2 Å². The number of hydrogen-bond acceptors (Lipinski definition) is 5. The molecule has 0 atom stereocenters. The van der Waals surface area contributed by atoms with Crippen LogP contribution in [0.25, 0.3) is 0 Å². The zero-order valence-electron chi connectivity index (χ0n) is 21.5. The molecule has 1 N–H and O–H groups in total. The molecular weight excluding hydrogens is 466 g/mol. The molecule has 2 aliphatic rings. The fourth-order valence-corrected chi connectivity index (χ4v) is 5.21. The minimum absolute atomic E-state index is 0.0201. The van der Waals surface area contributed by atoms with Crippen LogP contribution in [0, 0.1) is 0 Å². The van der Waals surface area contributed by atoms with Gasteiger partial charge in [0.15, 0.2) is 0 Å². The predicted octanol–water partition coefficient (Wildman–Crippen LogP) is 5.14. The van der Waals surface area contributed by atoms with Crippen LogP contribution in [0.3, 0.4) is 0 Å². The van der Waals surface area contributed by atoms with Gasteiger partial charge in [0.05, 0.1) is 25.3 Å². The van der Waals surface area contributed by atoms with Crippen molar-refractivity contribution in [2.24, 2.45) is 0 Å². The van der Waals surface area contributed by atoms with Crippen LogP contribution in [0.1, 0.15) is 51.1 Å². The van der Waals surface area contributed by atoms with Gasteiger partial charge in [-0.25, -0.2) is 0 Å². The number of benzene rings is 3. The van der Waals surface area contributed by atoms with Crippen LogP contribution in [0.2, 0.25) is 0 Å². The molecule has 192 valence electrons. The second-order valence-electron chi connectivity index (χ2n) is 9.55. The number of piperidine rings is 1. The highest BCUT2D eigenvalue weighted by molar-refractivity contribution is 6.08. The fourth-order valence-electron chi connectivity index (χ4n) is 5.21. The quantitative estimate of drug-likeness (QED) is 0.508. The Bertz CT molecular complexity index is 1300. The Morgan fingerprint density at radius 1 is 0.811 bits per heavy atom. The lowest BCUT2D eigenvalue weighted by atomic mass is 9.98. The van der Waals surface area contributed by atoms with E-state index in [4.69, 9.17) is 9.47 Å². The largest absolute Gasteiger partial charge is 0.497 e. The van der Waals surface area contributed by atoms with Crippen molar-refractivity contribution in [1.82, 2.24) is 4.90 Å². The first-order chi connectivity index (χ1) is 18.1. The van der Waals surface area contributed by atoms with E-state index in [2.05, 4.69) is 34.5 Å². The number of carbonyl (C=O) groups excluding carboxylic acids is 2. The van der Waals surface area contributed by atoms with Crippen LogP contribution in [-0.2, 0) is 13.0 Å². The zero-order valence-corrected chi connectivity index (χ0v) is 21.5. The molecule has 3 aromatic carbocycles. The van der Waals surface area contributed by atoms with E-state index in [-0.39, 0.29) is 11.8 Å². The highest BCUT2D eigenvalue weighted by Gasteiger charge is 2.26. The van der Waals surface area contributed by atoms with Gasteiger partial charge in [0.25, 0.3) is 11.8 Å². The molecule has 5 rings (SSSR count). The number of likely N-dealkylation sites (tertiary alicyclic amines) is 1. The lowest BCUT2D eigenvalue weighted by molar-refractivity contribution is 0.0724. The molecule has 0 saturated carbocycles. The molecule has 7 heteroatoms.